The summed E-state index contributed by atoms with van der Waals surface area (Å²) in [5.41, 5.74) is 35.7. The second-order valence-corrected chi connectivity index (χ2v) is 23.4. The van der Waals surface area contributed by atoms with E-state index >= 15 is 0 Å². The lowest BCUT2D eigenvalue weighted by Gasteiger charge is -2.11. The van der Waals surface area contributed by atoms with Crippen LogP contribution in [0.2, 0.25) is 40.9 Å². The minimum atomic E-state index is -0.292. The van der Waals surface area contributed by atoms with E-state index in [4.69, 9.17) is 89.5 Å². The zero-order valence-electron chi connectivity index (χ0n) is 56.7. The summed E-state index contributed by atoms with van der Waals surface area (Å²) in [5, 5.41) is 17.6. The van der Waals surface area contributed by atoms with Crippen LogP contribution in [0.25, 0.3) is 0 Å². The summed E-state index contributed by atoms with van der Waals surface area (Å²) >= 11 is 0. The molecular weight excluding hydrogens is 1190 g/mol. The van der Waals surface area contributed by atoms with E-state index in [1.54, 1.807) is 0 Å². The zero-order chi connectivity index (χ0) is 68.2. The van der Waals surface area contributed by atoms with Gasteiger partial charge >= 0.3 is 41.5 Å². The molecule has 0 saturated heterocycles. The highest BCUT2D eigenvalue weighted by molar-refractivity contribution is 6.71. The molecule has 12 rings (SSSR count). The van der Waals surface area contributed by atoms with Crippen LogP contribution < -0.4 is 84.1 Å². The third kappa shape index (κ3) is 18.1. The van der Waals surface area contributed by atoms with Crippen LogP contribution in [0.1, 0.15) is 137 Å². The smallest absolute Gasteiger partial charge is 0.328 e. The minimum Gasteiger partial charge on any atom is -0.486 e. The summed E-state index contributed by atoms with van der Waals surface area (Å²) in [5.74, 6) is 4.64. The fourth-order valence-electron chi connectivity index (χ4n) is 13.0. The Morgan fingerprint density at radius 1 is 0.351 bits per heavy atom. The van der Waals surface area contributed by atoms with Gasteiger partial charge in [-0.1, -0.05) is 141 Å². The maximum Gasteiger partial charge on any atom is 0.328 e. The summed E-state index contributed by atoms with van der Waals surface area (Å²) < 4.78 is 67.0. The number of ether oxygens (including phenoxy) is 6. The molecule has 0 fully saturated rings. The number of hydrogen-bond donors (Lipinski definition) is 6. The molecule has 10 N–H and O–H groups in total. The number of carbonyl (C=O) groups excluding carboxylic acids is 2. The number of ketones is 2. The first-order valence-corrected chi connectivity index (χ1v) is 32.8. The third-order valence-corrected chi connectivity index (χ3v) is 17.0. The van der Waals surface area contributed by atoms with Crippen molar-refractivity contribution in [1.82, 2.24) is 0 Å². The fourth-order valence-corrected chi connectivity index (χ4v) is 13.0. The monoisotopic (exact) mass is 1290 g/mol. The van der Waals surface area contributed by atoms with Crippen LogP contribution >= 0.6 is 0 Å². The Kier molecular flexibility index (Phi) is 29.0. The van der Waals surface area contributed by atoms with Crippen LogP contribution in [-0.2, 0) is 37.5 Å². The van der Waals surface area contributed by atoms with Gasteiger partial charge in [-0.15, -0.1) is 0 Å². The Hall–Kier alpha value is -6.63. The van der Waals surface area contributed by atoms with Crippen LogP contribution in [0.5, 0.6) is 34.5 Å². The fraction of sp³-hybridized carbons (Fsp3) is 0.441. The van der Waals surface area contributed by atoms with Gasteiger partial charge in [0.2, 0.25) is 0 Å². The van der Waals surface area contributed by atoms with Gasteiger partial charge in [0.25, 0.3) is 0 Å². The van der Waals surface area contributed by atoms with Crippen LogP contribution in [0.3, 0.4) is 0 Å². The van der Waals surface area contributed by atoms with Crippen molar-refractivity contribution in [3.8, 4) is 34.5 Å². The molecule has 0 saturated carbocycles. The van der Waals surface area contributed by atoms with Crippen molar-refractivity contribution >= 4 is 85.8 Å². The Morgan fingerprint density at radius 2 is 0.553 bits per heavy atom. The van der Waals surface area contributed by atoms with E-state index in [-0.39, 0.29) is 130 Å². The van der Waals surface area contributed by atoms with Gasteiger partial charge in [0.15, 0.2) is 25.2 Å². The largest absolute Gasteiger partial charge is 0.486 e. The standard InChI is InChI=1S/2C12H16BNO3.2C11H16BNO2.2C11H15BO3/c2*1-8(15)7-16-10-5-3-4-9-11(6-14)17-13(2)12(9)10;4*1-3-9-8-5-4-6-10(14-7-13)11(8)12(2)15-9/h2*3-5,11H,6-7,14H2,1-2H3;2*4-6,9H,3,7,13H2,1-2H3;2*4-6,9,13H,3,7H2,1-2H3/t2*11-;4*9-/m101010/s1. The summed E-state index contributed by atoms with van der Waals surface area (Å²) in [6, 6.07) is 35.4. The topological polar surface area (TPSA) is 289 Å². The first-order valence-electron chi connectivity index (χ1n) is 32.8. The van der Waals surface area contributed by atoms with Gasteiger partial charge < -0.3 is 78.0 Å². The lowest BCUT2D eigenvalue weighted by molar-refractivity contribution is -0.119. The Balaban J connectivity index is 0.000000160. The number of carbonyl (C=O) groups is 2. The lowest BCUT2D eigenvalue weighted by Crippen LogP contribution is -2.27. The Morgan fingerprint density at radius 3 is 0.745 bits per heavy atom. The molecule has 26 heteroatoms. The van der Waals surface area contributed by atoms with E-state index < -0.39 is 0 Å². The van der Waals surface area contributed by atoms with Crippen LogP contribution in [0.4, 0.5) is 0 Å². The molecule has 500 valence electrons. The molecule has 94 heavy (non-hydrogen) atoms. The maximum absolute atomic E-state index is 10.9. The highest BCUT2D eigenvalue weighted by Crippen LogP contribution is 2.35. The van der Waals surface area contributed by atoms with Crippen molar-refractivity contribution in [2.24, 2.45) is 22.9 Å². The van der Waals surface area contributed by atoms with E-state index in [1.165, 1.54) is 36.1 Å². The number of aliphatic hydroxyl groups excluding tert-OH is 2. The number of aliphatic hydroxyl groups is 2. The molecule has 0 amide bonds. The van der Waals surface area contributed by atoms with Gasteiger partial charge in [-0.3, -0.25) is 21.1 Å². The van der Waals surface area contributed by atoms with E-state index in [9.17, 15) is 9.59 Å². The predicted molar refractivity (Wildman–Crippen MR) is 376 cm³/mol. The van der Waals surface area contributed by atoms with E-state index in [1.807, 2.05) is 112 Å². The highest BCUT2D eigenvalue weighted by atomic mass is 16.6. The molecule has 0 radical (unpaired) electrons. The van der Waals surface area contributed by atoms with Crippen molar-refractivity contribution in [1.29, 1.82) is 0 Å². The van der Waals surface area contributed by atoms with E-state index in [0.29, 0.717) is 13.1 Å². The average molecular weight is 1290 g/mol. The summed E-state index contributed by atoms with van der Waals surface area (Å²) in [7, 11) is 0. The SMILES string of the molecule is CB1O[C@@H](CN)c2cccc(OCC(C)=O)c21.CB1O[C@H](CN)c2cccc(OCC(C)=O)c21.CC[C@@H]1OB(C)c2c(OCN)cccc21.CC[C@@H]1OB(C)c2c(OCO)cccc21.CC[C@H]1OB(C)c2c(OCN)cccc21.CC[C@H]1OB(C)c2c(OCO)cccc21. The second-order valence-electron chi connectivity index (χ2n) is 23.4. The number of benzene rings is 6. The van der Waals surface area contributed by atoms with Crippen LogP contribution in [0, 0.1) is 0 Å². The van der Waals surface area contributed by atoms with Gasteiger partial charge in [-0.25, -0.2) is 0 Å². The van der Waals surface area contributed by atoms with Crippen molar-refractivity contribution in [3.63, 3.8) is 0 Å². The Bertz CT molecular complexity index is 3070. The molecule has 0 aliphatic carbocycles. The van der Waals surface area contributed by atoms with Crippen molar-refractivity contribution in [3.05, 3.63) is 143 Å². The number of fused-ring (bicyclic) bond motifs is 6. The number of rotatable bonds is 20. The first-order chi connectivity index (χ1) is 45.4. The van der Waals surface area contributed by atoms with Crippen LogP contribution in [0.15, 0.2) is 109 Å². The normalized spacial score (nSPS) is 18.7. The molecule has 6 aliphatic heterocycles. The van der Waals surface area contributed by atoms with Crippen molar-refractivity contribution in [2.75, 3.05) is 53.4 Å². The van der Waals surface area contributed by atoms with Gasteiger partial charge in [-0.05, 0) is 142 Å². The van der Waals surface area contributed by atoms with Gasteiger partial charge in [-0.2, -0.15) is 0 Å². The number of hydrogen-bond acceptors (Lipinski definition) is 20. The summed E-state index contributed by atoms with van der Waals surface area (Å²) in [4.78, 5) is 21.9. The zero-order valence-corrected chi connectivity index (χ0v) is 56.7. The predicted octanol–water partition coefficient (Wildman–Crippen LogP) is 6.26. The molecule has 6 heterocycles. The third-order valence-electron chi connectivity index (χ3n) is 17.0. The summed E-state index contributed by atoms with van der Waals surface area (Å²) in [6.07, 6.45) is 4.50. The second kappa shape index (κ2) is 36.5. The van der Waals surface area contributed by atoms with Crippen LogP contribution in [-0.4, -0.2) is 117 Å². The highest BCUT2D eigenvalue weighted by Gasteiger charge is 2.39. The molecule has 0 spiro atoms. The van der Waals surface area contributed by atoms with E-state index in [0.717, 1.165) is 104 Å². The molecule has 0 aromatic heterocycles. The molecule has 6 aliphatic rings. The first kappa shape index (κ1) is 74.8. The lowest BCUT2D eigenvalue weighted by atomic mass is 9.63. The molecule has 6 aromatic rings. The number of nitrogens with two attached hydrogens (primary N) is 4. The molecular formula is C68H94B6N4O16. The van der Waals surface area contributed by atoms with Gasteiger partial charge in [0, 0.05) is 13.1 Å². The average Bonchev–Trinajstić information content (AvgIpc) is 1.71. The molecule has 0 unspecified atom stereocenters. The number of Topliss-reactive ketones (excluding diaryl/α,β-unsaturated/α-hetero) is 2. The molecule has 6 atom stereocenters. The quantitative estimate of drug-likeness (QED) is 0.0363. The minimum absolute atomic E-state index is 0.00421. The molecule has 6 aromatic carbocycles. The van der Waals surface area contributed by atoms with E-state index in [2.05, 4.69) is 65.6 Å². The van der Waals surface area contributed by atoms with Gasteiger partial charge in [0.1, 0.15) is 61.2 Å². The van der Waals surface area contributed by atoms with Crippen molar-refractivity contribution < 1.29 is 76.1 Å². The molecule has 0 bridgehead atoms. The summed E-state index contributed by atoms with van der Waals surface area (Å²) in [6.45, 7) is 24.7. The van der Waals surface area contributed by atoms with Gasteiger partial charge in [0.05, 0.1) is 36.6 Å². The van der Waals surface area contributed by atoms with Crippen molar-refractivity contribution in [2.45, 2.75) is 145 Å². The molecule has 20 nitrogen and oxygen atoms in total. The maximum atomic E-state index is 10.9. The Labute approximate surface area is 557 Å².